The Morgan fingerprint density at radius 3 is 2.93 bits per heavy atom. The molecule has 0 amide bonds. The minimum absolute atomic E-state index is 0.638. The molecule has 0 spiro atoms. The summed E-state index contributed by atoms with van der Waals surface area (Å²) >= 11 is 0. The Labute approximate surface area is 92.3 Å². The standard InChI is InChI=1S/C13H20N2/c1-11-5-3-4-6-13(11)12-9-14-7-8-15(2)10-12/h3-6,12,14H,7-10H2,1-2H3. The van der Waals surface area contributed by atoms with Crippen LogP contribution in [-0.2, 0) is 0 Å². The number of hydrogen-bond donors (Lipinski definition) is 1. The normalized spacial score (nSPS) is 23.7. The van der Waals surface area contributed by atoms with Crippen LogP contribution in [0, 0.1) is 6.92 Å². The van der Waals surface area contributed by atoms with E-state index in [9.17, 15) is 0 Å². The minimum atomic E-state index is 0.638. The van der Waals surface area contributed by atoms with Crippen LogP contribution in [0.15, 0.2) is 24.3 Å². The molecule has 1 fully saturated rings. The molecule has 1 N–H and O–H groups in total. The lowest BCUT2D eigenvalue weighted by Crippen LogP contribution is -2.25. The van der Waals surface area contributed by atoms with Crippen LogP contribution < -0.4 is 5.32 Å². The summed E-state index contributed by atoms with van der Waals surface area (Å²) < 4.78 is 0. The van der Waals surface area contributed by atoms with Gasteiger partial charge in [-0.1, -0.05) is 24.3 Å². The largest absolute Gasteiger partial charge is 0.315 e. The molecule has 1 saturated heterocycles. The number of benzene rings is 1. The van der Waals surface area contributed by atoms with Gasteiger partial charge >= 0.3 is 0 Å². The van der Waals surface area contributed by atoms with E-state index in [0.717, 1.165) is 26.2 Å². The van der Waals surface area contributed by atoms with Crippen molar-refractivity contribution < 1.29 is 0 Å². The zero-order chi connectivity index (χ0) is 10.7. The maximum atomic E-state index is 3.51. The molecule has 0 aliphatic carbocycles. The Morgan fingerprint density at radius 1 is 1.33 bits per heavy atom. The van der Waals surface area contributed by atoms with Gasteiger partial charge in [-0.3, -0.25) is 0 Å². The Hall–Kier alpha value is -0.860. The Morgan fingerprint density at radius 2 is 2.13 bits per heavy atom. The van der Waals surface area contributed by atoms with Crippen molar-refractivity contribution in [3.05, 3.63) is 35.4 Å². The van der Waals surface area contributed by atoms with Gasteiger partial charge in [-0.15, -0.1) is 0 Å². The SMILES string of the molecule is Cc1ccccc1C1CNCCN(C)C1. The van der Waals surface area contributed by atoms with Crippen molar-refractivity contribution in [1.82, 2.24) is 10.2 Å². The van der Waals surface area contributed by atoms with Gasteiger partial charge in [0.2, 0.25) is 0 Å². The molecule has 2 heteroatoms. The third-order valence-electron chi connectivity index (χ3n) is 3.22. The number of nitrogens with one attached hydrogen (secondary N) is 1. The highest BCUT2D eigenvalue weighted by molar-refractivity contribution is 5.29. The second-order valence-corrected chi connectivity index (χ2v) is 4.52. The van der Waals surface area contributed by atoms with Gasteiger partial charge in [-0.25, -0.2) is 0 Å². The predicted molar refractivity (Wildman–Crippen MR) is 64.3 cm³/mol. The summed E-state index contributed by atoms with van der Waals surface area (Å²) in [6.45, 7) is 6.74. The Kier molecular flexibility index (Phi) is 3.39. The molecular formula is C13H20N2. The smallest absolute Gasteiger partial charge is 0.0104 e. The van der Waals surface area contributed by atoms with Crippen LogP contribution in [0.4, 0.5) is 0 Å². The van der Waals surface area contributed by atoms with Crippen LogP contribution in [0.5, 0.6) is 0 Å². The topological polar surface area (TPSA) is 15.3 Å². The molecule has 1 unspecified atom stereocenters. The summed E-state index contributed by atoms with van der Waals surface area (Å²) in [5, 5.41) is 3.51. The molecule has 2 rings (SSSR count). The molecule has 0 bridgehead atoms. The van der Waals surface area contributed by atoms with Gasteiger partial charge < -0.3 is 10.2 Å². The third-order valence-corrected chi connectivity index (χ3v) is 3.22. The zero-order valence-corrected chi connectivity index (χ0v) is 9.66. The quantitative estimate of drug-likeness (QED) is 0.747. The molecular weight excluding hydrogens is 184 g/mol. The summed E-state index contributed by atoms with van der Waals surface area (Å²) in [6, 6.07) is 8.74. The highest BCUT2D eigenvalue weighted by Crippen LogP contribution is 2.20. The molecule has 1 heterocycles. The van der Waals surface area contributed by atoms with E-state index in [1.807, 2.05) is 0 Å². The molecule has 1 aromatic rings. The van der Waals surface area contributed by atoms with Gasteiger partial charge in [-0.05, 0) is 25.1 Å². The molecule has 1 aliphatic heterocycles. The van der Waals surface area contributed by atoms with E-state index in [-0.39, 0.29) is 0 Å². The Bertz CT molecular complexity index is 322. The monoisotopic (exact) mass is 204 g/mol. The third kappa shape index (κ3) is 2.58. The first-order valence-corrected chi connectivity index (χ1v) is 5.72. The highest BCUT2D eigenvalue weighted by atomic mass is 15.1. The summed E-state index contributed by atoms with van der Waals surface area (Å²) in [7, 11) is 2.21. The average molecular weight is 204 g/mol. The summed E-state index contributed by atoms with van der Waals surface area (Å²) in [5.41, 5.74) is 2.92. The van der Waals surface area contributed by atoms with Gasteiger partial charge in [-0.2, -0.15) is 0 Å². The van der Waals surface area contributed by atoms with Crippen LogP contribution >= 0.6 is 0 Å². The second kappa shape index (κ2) is 4.77. The number of aryl methyl sites for hydroxylation is 1. The first kappa shape index (κ1) is 10.7. The fourth-order valence-electron chi connectivity index (χ4n) is 2.33. The van der Waals surface area contributed by atoms with Crippen LogP contribution in [-0.4, -0.2) is 38.1 Å². The van der Waals surface area contributed by atoms with Crippen LogP contribution in [0.1, 0.15) is 17.0 Å². The fraction of sp³-hybridized carbons (Fsp3) is 0.538. The summed E-state index contributed by atoms with van der Waals surface area (Å²) in [6.07, 6.45) is 0. The molecule has 1 aliphatic rings. The Balaban J connectivity index is 2.18. The lowest BCUT2D eigenvalue weighted by Gasteiger charge is -2.21. The van der Waals surface area contributed by atoms with Crippen molar-refractivity contribution in [2.75, 3.05) is 33.2 Å². The van der Waals surface area contributed by atoms with Gasteiger partial charge in [0.1, 0.15) is 0 Å². The van der Waals surface area contributed by atoms with Gasteiger partial charge in [0.25, 0.3) is 0 Å². The lowest BCUT2D eigenvalue weighted by atomic mass is 9.94. The van der Waals surface area contributed by atoms with Crippen molar-refractivity contribution in [3.63, 3.8) is 0 Å². The summed E-state index contributed by atoms with van der Waals surface area (Å²) in [4.78, 5) is 2.41. The van der Waals surface area contributed by atoms with E-state index in [2.05, 4.69) is 48.5 Å². The molecule has 0 radical (unpaired) electrons. The average Bonchev–Trinajstić information content (AvgIpc) is 2.43. The van der Waals surface area contributed by atoms with Gasteiger partial charge in [0.05, 0.1) is 0 Å². The van der Waals surface area contributed by atoms with Crippen LogP contribution in [0.25, 0.3) is 0 Å². The fourth-order valence-corrected chi connectivity index (χ4v) is 2.33. The van der Waals surface area contributed by atoms with E-state index in [4.69, 9.17) is 0 Å². The maximum absolute atomic E-state index is 3.51. The number of likely N-dealkylation sites (N-methyl/N-ethyl adjacent to an activating group) is 1. The van der Waals surface area contributed by atoms with Crippen molar-refractivity contribution in [3.8, 4) is 0 Å². The number of nitrogens with zero attached hydrogens (tertiary/aromatic N) is 1. The van der Waals surface area contributed by atoms with Crippen LogP contribution in [0.2, 0.25) is 0 Å². The molecule has 2 nitrogen and oxygen atoms in total. The van der Waals surface area contributed by atoms with Crippen molar-refractivity contribution in [2.24, 2.45) is 0 Å². The lowest BCUT2D eigenvalue weighted by molar-refractivity contribution is 0.342. The number of rotatable bonds is 1. The first-order valence-electron chi connectivity index (χ1n) is 5.72. The van der Waals surface area contributed by atoms with Crippen molar-refractivity contribution in [1.29, 1.82) is 0 Å². The second-order valence-electron chi connectivity index (χ2n) is 4.52. The summed E-state index contributed by atoms with van der Waals surface area (Å²) in [5.74, 6) is 0.638. The van der Waals surface area contributed by atoms with E-state index >= 15 is 0 Å². The first-order chi connectivity index (χ1) is 7.27. The maximum Gasteiger partial charge on any atom is 0.0104 e. The van der Waals surface area contributed by atoms with Gasteiger partial charge in [0.15, 0.2) is 0 Å². The molecule has 0 saturated carbocycles. The van der Waals surface area contributed by atoms with Crippen molar-refractivity contribution in [2.45, 2.75) is 12.8 Å². The number of hydrogen-bond acceptors (Lipinski definition) is 2. The highest BCUT2D eigenvalue weighted by Gasteiger charge is 2.17. The molecule has 0 aromatic heterocycles. The van der Waals surface area contributed by atoms with Crippen molar-refractivity contribution >= 4 is 0 Å². The molecule has 1 aromatic carbocycles. The predicted octanol–water partition coefficient (Wildman–Crippen LogP) is 1.61. The van der Waals surface area contributed by atoms with E-state index in [0.29, 0.717) is 5.92 Å². The zero-order valence-electron chi connectivity index (χ0n) is 9.66. The molecule has 82 valence electrons. The van der Waals surface area contributed by atoms with E-state index in [1.165, 1.54) is 11.1 Å². The van der Waals surface area contributed by atoms with Crippen LogP contribution in [0.3, 0.4) is 0 Å². The van der Waals surface area contributed by atoms with Gasteiger partial charge in [0, 0.05) is 32.1 Å². The van der Waals surface area contributed by atoms with E-state index < -0.39 is 0 Å². The molecule has 15 heavy (non-hydrogen) atoms. The van der Waals surface area contributed by atoms with E-state index in [1.54, 1.807) is 0 Å². The minimum Gasteiger partial charge on any atom is -0.315 e. The molecule has 1 atom stereocenters.